The van der Waals surface area contributed by atoms with Crippen LogP contribution in [0.5, 0.6) is 0 Å². The second-order valence-electron chi connectivity index (χ2n) is 2.05. The van der Waals surface area contributed by atoms with E-state index in [4.69, 9.17) is 9.47 Å². The van der Waals surface area contributed by atoms with Crippen LogP contribution in [-0.4, -0.2) is 33.1 Å². The van der Waals surface area contributed by atoms with Crippen LogP contribution in [0, 0.1) is 0 Å². The number of carbonyl (C=O) groups excluding carboxylic acids is 1. The summed E-state index contributed by atoms with van der Waals surface area (Å²) in [6.45, 7) is 0.406. The fourth-order valence-electron chi connectivity index (χ4n) is 0.904. The molecule has 1 aliphatic rings. The number of esters is 1. The Morgan fingerprint density at radius 2 is 2.45 bits per heavy atom. The van der Waals surface area contributed by atoms with Crippen molar-refractivity contribution in [3.63, 3.8) is 0 Å². The zero-order chi connectivity index (χ0) is 8.27. The predicted molar refractivity (Wildman–Crippen MR) is 36.8 cm³/mol. The fourth-order valence-corrected chi connectivity index (χ4v) is 0.904. The van der Waals surface area contributed by atoms with E-state index in [9.17, 15) is 4.79 Å². The van der Waals surface area contributed by atoms with E-state index in [-0.39, 0.29) is 0 Å². The molecule has 62 valence electrons. The second-order valence-corrected chi connectivity index (χ2v) is 2.05. The van der Waals surface area contributed by atoms with E-state index in [1.165, 1.54) is 14.2 Å². The normalized spacial score (nSPS) is 23.1. The van der Waals surface area contributed by atoms with Crippen molar-refractivity contribution in [3.05, 3.63) is 11.6 Å². The maximum Gasteiger partial charge on any atom is 0.338 e. The van der Waals surface area contributed by atoms with Gasteiger partial charge < -0.3 is 14.2 Å². The predicted octanol–water partition coefficient (Wildman–Crippen LogP) is 0.0885. The summed E-state index contributed by atoms with van der Waals surface area (Å²) < 4.78 is 14.4. The van der Waals surface area contributed by atoms with Gasteiger partial charge in [-0.05, 0) is 6.08 Å². The Kier molecular flexibility index (Phi) is 2.62. The largest absolute Gasteiger partial charge is 0.466 e. The molecule has 0 aliphatic carbocycles. The highest BCUT2D eigenvalue weighted by Crippen LogP contribution is 2.15. The minimum atomic E-state index is -0.553. The summed E-state index contributed by atoms with van der Waals surface area (Å²) in [5.74, 6) is -0.394. The van der Waals surface area contributed by atoms with Crippen molar-refractivity contribution in [1.82, 2.24) is 0 Å². The van der Waals surface area contributed by atoms with Gasteiger partial charge in [0.25, 0.3) is 0 Å². The minimum absolute atomic E-state index is 0.394. The van der Waals surface area contributed by atoms with Crippen LogP contribution < -0.4 is 0 Å². The molecule has 0 saturated heterocycles. The van der Waals surface area contributed by atoms with Gasteiger partial charge in [0, 0.05) is 7.11 Å². The van der Waals surface area contributed by atoms with Gasteiger partial charge in [0.15, 0.2) is 6.29 Å². The van der Waals surface area contributed by atoms with Crippen molar-refractivity contribution in [2.45, 2.75) is 6.29 Å². The Balaban J connectivity index is 2.62. The number of methoxy groups -OCH3 is 2. The first-order valence-electron chi connectivity index (χ1n) is 3.22. The molecule has 0 saturated carbocycles. The van der Waals surface area contributed by atoms with Crippen molar-refractivity contribution in [2.24, 2.45) is 0 Å². The van der Waals surface area contributed by atoms with Gasteiger partial charge in [-0.2, -0.15) is 0 Å². The highest BCUT2D eigenvalue weighted by Gasteiger charge is 2.25. The summed E-state index contributed by atoms with van der Waals surface area (Å²) in [7, 11) is 2.81. The van der Waals surface area contributed by atoms with E-state index in [2.05, 4.69) is 4.74 Å². The monoisotopic (exact) mass is 158 g/mol. The third kappa shape index (κ3) is 1.58. The Morgan fingerprint density at radius 1 is 1.73 bits per heavy atom. The van der Waals surface area contributed by atoms with E-state index in [0.717, 1.165) is 0 Å². The molecule has 0 fully saturated rings. The molecule has 1 heterocycles. The molecule has 1 rings (SSSR count). The zero-order valence-corrected chi connectivity index (χ0v) is 6.49. The molecule has 0 N–H and O–H groups in total. The lowest BCUT2D eigenvalue weighted by Gasteiger charge is -2.09. The zero-order valence-electron chi connectivity index (χ0n) is 6.49. The van der Waals surface area contributed by atoms with Gasteiger partial charge in [0.05, 0.1) is 19.3 Å². The van der Waals surface area contributed by atoms with Crippen LogP contribution in [0.15, 0.2) is 11.6 Å². The molecule has 0 amide bonds. The summed E-state index contributed by atoms with van der Waals surface area (Å²) in [4.78, 5) is 10.9. The summed E-state index contributed by atoms with van der Waals surface area (Å²) in [5.41, 5.74) is 0.440. The number of hydrogen-bond donors (Lipinski definition) is 0. The molecule has 1 unspecified atom stereocenters. The molecule has 4 heteroatoms. The highest BCUT2D eigenvalue weighted by molar-refractivity contribution is 5.89. The topological polar surface area (TPSA) is 44.8 Å². The van der Waals surface area contributed by atoms with Gasteiger partial charge in [0.1, 0.15) is 0 Å². The van der Waals surface area contributed by atoms with E-state index >= 15 is 0 Å². The number of carbonyl (C=O) groups is 1. The molecular weight excluding hydrogens is 148 g/mol. The Morgan fingerprint density at radius 3 is 3.00 bits per heavy atom. The smallest absolute Gasteiger partial charge is 0.338 e. The van der Waals surface area contributed by atoms with Crippen LogP contribution >= 0.6 is 0 Å². The average molecular weight is 158 g/mol. The van der Waals surface area contributed by atoms with Crippen molar-refractivity contribution >= 4 is 5.97 Å². The Labute approximate surface area is 64.7 Å². The van der Waals surface area contributed by atoms with E-state index < -0.39 is 12.3 Å². The molecular formula is C7H10O4. The van der Waals surface area contributed by atoms with Crippen molar-refractivity contribution < 1.29 is 19.0 Å². The van der Waals surface area contributed by atoms with Gasteiger partial charge in [-0.3, -0.25) is 0 Å². The van der Waals surface area contributed by atoms with Gasteiger partial charge >= 0.3 is 5.97 Å². The van der Waals surface area contributed by atoms with Crippen LogP contribution in [0.2, 0.25) is 0 Å². The highest BCUT2D eigenvalue weighted by atomic mass is 16.7. The third-order valence-electron chi connectivity index (χ3n) is 1.44. The molecule has 11 heavy (non-hydrogen) atoms. The molecule has 1 aliphatic heterocycles. The van der Waals surface area contributed by atoms with Gasteiger partial charge in [-0.15, -0.1) is 0 Å². The van der Waals surface area contributed by atoms with Gasteiger partial charge in [0.2, 0.25) is 0 Å². The molecule has 1 atom stereocenters. The number of rotatable bonds is 2. The lowest BCUT2D eigenvalue weighted by Crippen LogP contribution is -2.19. The first-order chi connectivity index (χ1) is 5.29. The molecule has 0 aromatic heterocycles. The third-order valence-corrected chi connectivity index (χ3v) is 1.44. The first-order valence-corrected chi connectivity index (χ1v) is 3.22. The molecule has 0 bridgehead atoms. The Bertz CT molecular complexity index is 185. The summed E-state index contributed by atoms with van der Waals surface area (Å²) >= 11 is 0. The lowest BCUT2D eigenvalue weighted by atomic mass is 10.3. The fraction of sp³-hybridized carbons (Fsp3) is 0.571. The number of hydrogen-bond acceptors (Lipinski definition) is 4. The summed E-state index contributed by atoms with van der Waals surface area (Å²) in [6, 6.07) is 0. The van der Waals surface area contributed by atoms with E-state index in [1.54, 1.807) is 6.08 Å². The molecule has 4 nitrogen and oxygen atoms in total. The molecule has 0 aromatic rings. The maximum atomic E-state index is 10.9. The van der Waals surface area contributed by atoms with Crippen LogP contribution in [0.3, 0.4) is 0 Å². The van der Waals surface area contributed by atoms with Gasteiger partial charge in [-0.1, -0.05) is 0 Å². The standard InChI is InChI=1S/C7H10O4/c1-9-6(8)5-3-4-11-7(5)10-2/h3,7H,4H2,1-2H3. The van der Waals surface area contributed by atoms with Gasteiger partial charge in [-0.25, -0.2) is 4.79 Å². The van der Waals surface area contributed by atoms with Crippen LogP contribution in [0.1, 0.15) is 0 Å². The number of ether oxygens (including phenoxy) is 3. The summed E-state index contributed by atoms with van der Waals surface area (Å²) in [6.07, 6.45) is 1.10. The molecule has 0 radical (unpaired) electrons. The van der Waals surface area contributed by atoms with Crippen molar-refractivity contribution in [1.29, 1.82) is 0 Å². The van der Waals surface area contributed by atoms with E-state index in [1.807, 2.05) is 0 Å². The second kappa shape index (κ2) is 3.50. The quantitative estimate of drug-likeness (QED) is 0.534. The van der Waals surface area contributed by atoms with Crippen LogP contribution in [-0.2, 0) is 19.0 Å². The van der Waals surface area contributed by atoms with Crippen LogP contribution in [0.25, 0.3) is 0 Å². The van der Waals surface area contributed by atoms with Crippen LogP contribution in [0.4, 0.5) is 0 Å². The maximum absolute atomic E-state index is 10.9. The average Bonchev–Trinajstić information content (AvgIpc) is 2.50. The minimum Gasteiger partial charge on any atom is -0.466 e. The molecule has 0 aromatic carbocycles. The molecule has 0 spiro atoms. The van der Waals surface area contributed by atoms with Crippen molar-refractivity contribution in [3.8, 4) is 0 Å². The van der Waals surface area contributed by atoms with Crippen molar-refractivity contribution in [2.75, 3.05) is 20.8 Å². The Hall–Kier alpha value is -0.870. The summed E-state index contributed by atoms with van der Waals surface area (Å²) in [5, 5.41) is 0. The SMILES string of the molecule is COC(=O)C1=CCOC1OC. The first kappa shape index (κ1) is 8.23. The van der Waals surface area contributed by atoms with E-state index in [0.29, 0.717) is 12.2 Å². The lowest BCUT2D eigenvalue weighted by molar-refractivity contribution is -0.142.